The maximum atomic E-state index is 11.8. The molecule has 0 fully saturated rings. The fraction of sp³-hybridized carbons (Fsp3) is 0.857. The van der Waals surface area contributed by atoms with E-state index in [1.807, 2.05) is 20.8 Å². The van der Waals surface area contributed by atoms with Crippen molar-refractivity contribution < 1.29 is 4.79 Å². The van der Waals surface area contributed by atoms with Gasteiger partial charge in [0.1, 0.15) is 6.04 Å². The van der Waals surface area contributed by atoms with Crippen LogP contribution < -0.4 is 10.6 Å². The highest BCUT2D eigenvalue weighted by molar-refractivity contribution is 8.13. The Morgan fingerprint density at radius 1 is 1.37 bits per heavy atom. The molecule has 1 atom stereocenters. The summed E-state index contributed by atoms with van der Waals surface area (Å²) in [4.78, 5) is 16.4. The van der Waals surface area contributed by atoms with Gasteiger partial charge in [0, 0.05) is 18.3 Å². The minimum Gasteiger partial charge on any atom is -0.353 e. The lowest BCUT2D eigenvalue weighted by Crippen LogP contribution is -2.47. The van der Waals surface area contributed by atoms with Gasteiger partial charge in [0.15, 0.2) is 5.17 Å². The Morgan fingerprint density at radius 2 is 2.00 bits per heavy atom. The first-order chi connectivity index (χ1) is 8.92. The molecular weight excluding hydrogens is 258 g/mol. The van der Waals surface area contributed by atoms with Crippen molar-refractivity contribution in [3.8, 4) is 0 Å². The second-order valence-electron chi connectivity index (χ2n) is 5.65. The van der Waals surface area contributed by atoms with Gasteiger partial charge in [-0.2, -0.15) is 0 Å². The molecule has 4 nitrogen and oxygen atoms in total. The molecule has 1 amide bonds. The first-order valence-corrected chi connectivity index (χ1v) is 8.15. The molecule has 0 aromatic heterocycles. The van der Waals surface area contributed by atoms with Crippen LogP contribution in [-0.4, -0.2) is 35.5 Å². The molecule has 1 heterocycles. The molecule has 1 aliphatic rings. The molecule has 0 bridgehead atoms. The molecule has 0 aliphatic carbocycles. The SMILES string of the molecule is CCC1(CC)CN=C(NC(C)C(=O)NC(C)C)SC1. The summed E-state index contributed by atoms with van der Waals surface area (Å²) < 4.78 is 0. The van der Waals surface area contributed by atoms with E-state index in [2.05, 4.69) is 29.5 Å². The molecule has 5 heteroatoms. The number of amides is 1. The summed E-state index contributed by atoms with van der Waals surface area (Å²) in [6.45, 7) is 11.1. The number of aliphatic imine (C=N–C) groups is 1. The number of carbonyl (C=O) groups is 1. The second-order valence-corrected chi connectivity index (χ2v) is 6.61. The number of hydrogen-bond acceptors (Lipinski definition) is 4. The summed E-state index contributed by atoms with van der Waals surface area (Å²) in [6, 6.07) is -0.0602. The smallest absolute Gasteiger partial charge is 0.242 e. The minimum absolute atomic E-state index is 0.0288. The van der Waals surface area contributed by atoms with Crippen molar-refractivity contribution in [3.63, 3.8) is 0 Å². The molecule has 0 saturated carbocycles. The van der Waals surface area contributed by atoms with E-state index in [1.54, 1.807) is 11.8 Å². The van der Waals surface area contributed by atoms with E-state index in [9.17, 15) is 4.79 Å². The summed E-state index contributed by atoms with van der Waals surface area (Å²) in [5.41, 5.74) is 0.347. The average Bonchev–Trinajstić information content (AvgIpc) is 2.39. The molecule has 0 saturated heterocycles. The Bertz CT molecular complexity index is 338. The summed E-state index contributed by atoms with van der Waals surface area (Å²) in [5, 5.41) is 7.02. The zero-order chi connectivity index (χ0) is 14.5. The van der Waals surface area contributed by atoms with Crippen LogP contribution >= 0.6 is 11.8 Å². The summed E-state index contributed by atoms with van der Waals surface area (Å²) in [7, 11) is 0. The Morgan fingerprint density at radius 3 is 2.42 bits per heavy atom. The van der Waals surface area contributed by atoms with E-state index < -0.39 is 0 Å². The number of hydrogen-bond donors (Lipinski definition) is 2. The van der Waals surface area contributed by atoms with Crippen LogP contribution in [0.5, 0.6) is 0 Å². The largest absolute Gasteiger partial charge is 0.353 e. The Hall–Kier alpha value is -0.710. The third-order valence-electron chi connectivity index (χ3n) is 3.74. The van der Waals surface area contributed by atoms with E-state index in [-0.39, 0.29) is 18.0 Å². The van der Waals surface area contributed by atoms with E-state index >= 15 is 0 Å². The highest BCUT2D eigenvalue weighted by atomic mass is 32.2. The van der Waals surface area contributed by atoms with Crippen molar-refractivity contribution in [1.29, 1.82) is 0 Å². The van der Waals surface area contributed by atoms with Gasteiger partial charge in [0.05, 0.1) is 0 Å². The van der Waals surface area contributed by atoms with Gasteiger partial charge in [-0.3, -0.25) is 9.79 Å². The average molecular weight is 285 g/mol. The van der Waals surface area contributed by atoms with Gasteiger partial charge in [0.2, 0.25) is 5.91 Å². The highest BCUT2D eigenvalue weighted by Crippen LogP contribution is 2.34. The van der Waals surface area contributed by atoms with Gasteiger partial charge in [-0.1, -0.05) is 25.6 Å². The number of nitrogens with one attached hydrogen (secondary N) is 2. The fourth-order valence-corrected chi connectivity index (χ4v) is 3.34. The van der Waals surface area contributed by atoms with Crippen molar-refractivity contribution in [2.75, 3.05) is 12.3 Å². The predicted molar refractivity (Wildman–Crippen MR) is 83.7 cm³/mol. The third-order valence-corrected chi connectivity index (χ3v) is 5.01. The lowest BCUT2D eigenvalue weighted by molar-refractivity contribution is -0.122. The molecule has 0 spiro atoms. The Kier molecular flexibility index (Phi) is 6.17. The maximum Gasteiger partial charge on any atom is 0.242 e. The van der Waals surface area contributed by atoms with Crippen LogP contribution in [0, 0.1) is 5.41 Å². The molecule has 1 rings (SSSR count). The molecule has 0 aromatic rings. The highest BCUT2D eigenvalue weighted by Gasteiger charge is 2.30. The van der Waals surface area contributed by atoms with Crippen LogP contribution in [0.2, 0.25) is 0 Å². The molecule has 0 aromatic carbocycles. The first kappa shape index (κ1) is 16.3. The monoisotopic (exact) mass is 285 g/mol. The summed E-state index contributed by atoms with van der Waals surface area (Å²) in [6.07, 6.45) is 2.33. The van der Waals surface area contributed by atoms with Gasteiger partial charge in [-0.05, 0) is 39.0 Å². The molecule has 1 unspecified atom stereocenters. The minimum atomic E-state index is -0.232. The van der Waals surface area contributed by atoms with Crippen molar-refractivity contribution in [2.24, 2.45) is 10.4 Å². The molecule has 19 heavy (non-hydrogen) atoms. The maximum absolute atomic E-state index is 11.8. The Labute approximate surface area is 121 Å². The zero-order valence-electron chi connectivity index (χ0n) is 12.7. The topological polar surface area (TPSA) is 53.5 Å². The van der Waals surface area contributed by atoms with Crippen LogP contribution in [0.3, 0.4) is 0 Å². The normalized spacial score (nSPS) is 19.8. The van der Waals surface area contributed by atoms with Crippen LogP contribution in [-0.2, 0) is 4.79 Å². The van der Waals surface area contributed by atoms with E-state index in [0.717, 1.165) is 30.3 Å². The molecule has 0 radical (unpaired) electrons. The van der Waals surface area contributed by atoms with Crippen molar-refractivity contribution in [1.82, 2.24) is 10.6 Å². The number of thioether (sulfide) groups is 1. The van der Waals surface area contributed by atoms with Gasteiger partial charge in [-0.25, -0.2) is 0 Å². The van der Waals surface area contributed by atoms with Crippen molar-refractivity contribution >= 4 is 22.8 Å². The van der Waals surface area contributed by atoms with Gasteiger partial charge < -0.3 is 10.6 Å². The number of amidine groups is 1. The summed E-state index contributed by atoms with van der Waals surface area (Å²) in [5.74, 6) is 1.12. The number of carbonyl (C=O) groups excluding carboxylic acids is 1. The van der Waals surface area contributed by atoms with E-state index in [4.69, 9.17) is 0 Å². The standard InChI is InChI=1S/C14H27N3OS/c1-6-14(7-2)8-15-13(19-9-14)17-11(5)12(18)16-10(3)4/h10-11H,6-9H2,1-5H3,(H,15,17)(H,16,18). The molecule has 2 N–H and O–H groups in total. The zero-order valence-corrected chi connectivity index (χ0v) is 13.6. The van der Waals surface area contributed by atoms with Crippen LogP contribution in [0.4, 0.5) is 0 Å². The third kappa shape index (κ3) is 4.71. The fourth-order valence-electron chi connectivity index (χ4n) is 1.98. The van der Waals surface area contributed by atoms with Crippen LogP contribution in [0.15, 0.2) is 4.99 Å². The lowest BCUT2D eigenvalue weighted by atomic mass is 9.84. The van der Waals surface area contributed by atoms with Crippen molar-refractivity contribution in [2.45, 2.75) is 59.5 Å². The van der Waals surface area contributed by atoms with Crippen LogP contribution in [0.1, 0.15) is 47.5 Å². The van der Waals surface area contributed by atoms with Gasteiger partial charge in [-0.15, -0.1) is 0 Å². The number of rotatable bonds is 5. The molecular formula is C14H27N3OS. The molecule has 1 aliphatic heterocycles. The predicted octanol–water partition coefficient (Wildman–Crippen LogP) is 2.40. The van der Waals surface area contributed by atoms with Crippen LogP contribution in [0.25, 0.3) is 0 Å². The first-order valence-electron chi connectivity index (χ1n) is 7.16. The summed E-state index contributed by atoms with van der Waals surface area (Å²) >= 11 is 1.74. The quantitative estimate of drug-likeness (QED) is 0.815. The van der Waals surface area contributed by atoms with E-state index in [1.165, 1.54) is 0 Å². The number of nitrogens with zero attached hydrogens (tertiary/aromatic N) is 1. The second kappa shape index (κ2) is 7.17. The lowest BCUT2D eigenvalue weighted by Gasteiger charge is -2.34. The van der Waals surface area contributed by atoms with Gasteiger partial charge in [0.25, 0.3) is 0 Å². The van der Waals surface area contributed by atoms with Gasteiger partial charge >= 0.3 is 0 Å². The molecule has 110 valence electrons. The van der Waals surface area contributed by atoms with Crippen molar-refractivity contribution in [3.05, 3.63) is 0 Å². The Balaban J connectivity index is 2.51. The van der Waals surface area contributed by atoms with E-state index in [0.29, 0.717) is 5.41 Å².